The molecule has 2 N–H and O–H groups in total. The molecule has 1 saturated heterocycles. The number of halogens is 3. The molecular formula is C13H14F3NO3. The van der Waals surface area contributed by atoms with Gasteiger partial charge in [-0.3, -0.25) is 0 Å². The Labute approximate surface area is 113 Å². The van der Waals surface area contributed by atoms with Crippen LogP contribution in [0, 0.1) is 0 Å². The molecule has 2 rings (SSSR count). The average molecular weight is 289 g/mol. The van der Waals surface area contributed by atoms with Crippen LogP contribution in [0.5, 0.6) is 0 Å². The minimum Gasteiger partial charge on any atom is -0.478 e. The van der Waals surface area contributed by atoms with Gasteiger partial charge in [-0.2, -0.15) is 13.2 Å². The molecule has 110 valence electrons. The lowest BCUT2D eigenvalue weighted by atomic mass is 10.1. The molecular weight excluding hydrogens is 275 g/mol. The van der Waals surface area contributed by atoms with Crippen LogP contribution in [0.25, 0.3) is 0 Å². The molecule has 20 heavy (non-hydrogen) atoms. The van der Waals surface area contributed by atoms with Crippen LogP contribution in [0.3, 0.4) is 0 Å². The van der Waals surface area contributed by atoms with E-state index < -0.39 is 17.7 Å². The number of nitrogens with one attached hydrogen (secondary N) is 1. The first-order chi connectivity index (χ1) is 9.29. The molecule has 0 bridgehead atoms. The van der Waals surface area contributed by atoms with E-state index in [1.54, 1.807) is 0 Å². The zero-order valence-electron chi connectivity index (χ0n) is 10.7. The number of benzene rings is 1. The predicted octanol–water partition coefficient (Wildman–Crippen LogP) is 2.99. The summed E-state index contributed by atoms with van der Waals surface area (Å²) >= 11 is 0. The molecule has 4 nitrogen and oxygen atoms in total. The first-order valence-electron chi connectivity index (χ1n) is 6.11. The summed E-state index contributed by atoms with van der Waals surface area (Å²) in [5, 5.41) is 12.0. The quantitative estimate of drug-likeness (QED) is 0.898. The predicted molar refractivity (Wildman–Crippen MR) is 65.8 cm³/mol. The maximum absolute atomic E-state index is 12.6. The van der Waals surface area contributed by atoms with Gasteiger partial charge in [-0.05, 0) is 31.5 Å². The maximum Gasteiger partial charge on any atom is 0.416 e. The molecule has 2 atom stereocenters. The number of ether oxygens (including phenoxy) is 1. The largest absolute Gasteiger partial charge is 0.478 e. The smallest absolute Gasteiger partial charge is 0.416 e. The van der Waals surface area contributed by atoms with Gasteiger partial charge in [0.25, 0.3) is 0 Å². The van der Waals surface area contributed by atoms with Crippen LogP contribution in [-0.2, 0) is 10.9 Å². The standard InChI is InChI=1S/C13H14F3NO3/c1-7-10(4-5-20-7)17-11-3-2-8(13(14,15)16)6-9(11)12(18)19/h2-3,6-7,10,17H,4-5H2,1H3,(H,18,19). The maximum atomic E-state index is 12.6. The van der Waals surface area contributed by atoms with Crippen molar-refractivity contribution in [2.24, 2.45) is 0 Å². The van der Waals surface area contributed by atoms with Crippen molar-refractivity contribution in [2.45, 2.75) is 31.7 Å². The van der Waals surface area contributed by atoms with E-state index in [1.807, 2.05) is 6.92 Å². The Morgan fingerprint density at radius 1 is 1.45 bits per heavy atom. The number of alkyl halides is 3. The molecule has 2 unspecified atom stereocenters. The highest BCUT2D eigenvalue weighted by Gasteiger charge is 2.32. The fourth-order valence-electron chi connectivity index (χ4n) is 2.14. The fourth-order valence-corrected chi connectivity index (χ4v) is 2.14. The third kappa shape index (κ3) is 3.04. The van der Waals surface area contributed by atoms with Gasteiger partial charge >= 0.3 is 12.1 Å². The number of carboxylic acid groups (broad SMARTS) is 1. The van der Waals surface area contributed by atoms with E-state index in [0.29, 0.717) is 19.1 Å². The molecule has 1 aliphatic rings. The van der Waals surface area contributed by atoms with Gasteiger partial charge in [0, 0.05) is 12.3 Å². The zero-order chi connectivity index (χ0) is 14.9. The monoisotopic (exact) mass is 289 g/mol. The number of hydrogen-bond donors (Lipinski definition) is 2. The molecule has 0 radical (unpaired) electrons. The first kappa shape index (κ1) is 14.6. The van der Waals surface area contributed by atoms with Crippen LogP contribution < -0.4 is 5.32 Å². The van der Waals surface area contributed by atoms with Crippen LogP contribution in [0.4, 0.5) is 18.9 Å². The highest BCUT2D eigenvalue weighted by atomic mass is 19.4. The van der Waals surface area contributed by atoms with Gasteiger partial charge in [-0.1, -0.05) is 0 Å². The first-order valence-corrected chi connectivity index (χ1v) is 6.11. The molecule has 1 heterocycles. The minimum atomic E-state index is -4.56. The third-order valence-electron chi connectivity index (χ3n) is 3.29. The summed E-state index contributed by atoms with van der Waals surface area (Å²) in [6.45, 7) is 2.37. The highest BCUT2D eigenvalue weighted by molar-refractivity contribution is 5.94. The number of aromatic carboxylic acids is 1. The molecule has 1 aliphatic heterocycles. The van der Waals surface area contributed by atoms with E-state index in [-0.39, 0.29) is 23.4 Å². The summed E-state index contributed by atoms with van der Waals surface area (Å²) < 4.78 is 43.1. The van der Waals surface area contributed by atoms with Gasteiger partial charge in [0.15, 0.2) is 0 Å². The Balaban J connectivity index is 2.31. The second-order valence-electron chi connectivity index (χ2n) is 4.68. The molecule has 0 aliphatic carbocycles. The summed E-state index contributed by atoms with van der Waals surface area (Å²) in [4.78, 5) is 11.1. The van der Waals surface area contributed by atoms with E-state index >= 15 is 0 Å². The van der Waals surface area contributed by atoms with Gasteiger partial charge in [0.05, 0.1) is 23.3 Å². The summed E-state index contributed by atoms with van der Waals surface area (Å²) in [5.41, 5.74) is -1.19. The Kier molecular flexibility index (Phi) is 3.89. The number of carbonyl (C=O) groups is 1. The van der Waals surface area contributed by atoms with Crippen molar-refractivity contribution in [1.82, 2.24) is 0 Å². The van der Waals surface area contributed by atoms with Crippen molar-refractivity contribution < 1.29 is 27.8 Å². The Morgan fingerprint density at radius 3 is 2.65 bits per heavy atom. The van der Waals surface area contributed by atoms with Crippen LogP contribution in [0.15, 0.2) is 18.2 Å². The van der Waals surface area contributed by atoms with Crippen LogP contribution in [0.1, 0.15) is 29.3 Å². The molecule has 0 aromatic heterocycles. The van der Waals surface area contributed by atoms with E-state index in [0.717, 1.165) is 12.1 Å². The third-order valence-corrected chi connectivity index (χ3v) is 3.29. The number of carboxylic acids is 1. The van der Waals surface area contributed by atoms with E-state index in [2.05, 4.69) is 5.32 Å². The number of rotatable bonds is 3. The number of anilines is 1. The fraction of sp³-hybridized carbons (Fsp3) is 0.462. The molecule has 0 saturated carbocycles. The molecule has 0 spiro atoms. The van der Waals surface area contributed by atoms with Crippen LogP contribution in [0.2, 0.25) is 0 Å². The molecule has 1 aromatic carbocycles. The summed E-state index contributed by atoms with van der Waals surface area (Å²) in [6.07, 6.45) is -3.99. The lowest BCUT2D eigenvalue weighted by Gasteiger charge is -2.19. The van der Waals surface area contributed by atoms with Gasteiger partial charge < -0.3 is 15.2 Å². The summed E-state index contributed by atoms with van der Waals surface area (Å²) in [7, 11) is 0. The van der Waals surface area contributed by atoms with Gasteiger partial charge in [0.2, 0.25) is 0 Å². The molecule has 7 heteroatoms. The van der Waals surface area contributed by atoms with Crippen molar-refractivity contribution >= 4 is 11.7 Å². The minimum absolute atomic E-state index is 0.107. The van der Waals surface area contributed by atoms with Crippen molar-refractivity contribution in [2.75, 3.05) is 11.9 Å². The van der Waals surface area contributed by atoms with Crippen molar-refractivity contribution in [3.05, 3.63) is 29.3 Å². The Morgan fingerprint density at radius 2 is 2.15 bits per heavy atom. The van der Waals surface area contributed by atoms with Gasteiger partial charge in [-0.15, -0.1) is 0 Å². The molecule has 1 fully saturated rings. The van der Waals surface area contributed by atoms with E-state index in [4.69, 9.17) is 9.84 Å². The second kappa shape index (κ2) is 5.32. The average Bonchev–Trinajstić information content (AvgIpc) is 2.74. The Bertz CT molecular complexity index is 516. The zero-order valence-corrected chi connectivity index (χ0v) is 10.7. The highest BCUT2D eigenvalue weighted by Crippen LogP contribution is 2.32. The molecule has 1 aromatic rings. The van der Waals surface area contributed by atoms with Crippen molar-refractivity contribution in [3.8, 4) is 0 Å². The van der Waals surface area contributed by atoms with Crippen LogP contribution >= 0.6 is 0 Å². The Hall–Kier alpha value is -1.76. The number of hydrogen-bond acceptors (Lipinski definition) is 3. The van der Waals surface area contributed by atoms with Gasteiger partial charge in [-0.25, -0.2) is 4.79 Å². The SMILES string of the molecule is CC1OCCC1Nc1ccc(C(F)(F)F)cc1C(=O)O. The van der Waals surface area contributed by atoms with Crippen molar-refractivity contribution in [1.29, 1.82) is 0 Å². The summed E-state index contributed by atoms with van der Waals surface area (Å²) in [6, 6.07) is 2.56. The van der Waals surface area contributed by atoms with E-state index in [1.165, 1.54) is 0 Å². The van der Waals surface area contributed by atoms with Gasteiger partial charge in [0.1, 0.15) is 0 Å². The normalized spacial score (nSPS) is 22.8. The molecule has 0 amide bonds. The summed E-state index contributed by atoms with van der Waals surface area (Å²) in [5.74, 6) is -1.40. The van der Waals surface area contributed by atoms with Crippen molar-refractivity contribution in [3.63, 3.8) is 0 Å². The second-order valence-corrected chi connectivity index (χ2v) is 4.68. The lowest BCUT2D eigenvalue weighted by Crippen LogP contribution is -2.27. The van der Waals surface area contributed by atoms with Crippen LogP contribution in [-0.4, -0.2) is 29.8 Å². The topological polar surface area (TPSA) is 58.6 Å². The lowest BCUT2D eigenvalue weighted by molar-refractivity contribution is -0.137. The van der Waals surface area contributed by atoms with E-state index in [9.17, 15) is 18.0 Å².